The number of carbonyl (C=O) groups excluding carboxylic acids is 1. The van der Waals surface area contributed by atoms with Crippen molar-refractivity contribution >= 4 is 5.91 Å². The lowest BCUT2D eigenvalue weighted by atomic mass is 9.82. The Morgan fingerprint density at radius 1 is 1.13 bits per heavy atom. The average Bonchev–Trinajstić information content (AvgIpc) is 3.41. The SMILES string of the molecule is COc1ccc2c(c1)O[C@@H](c1ccc(CO)cn1)C[C@H]2NC(=O)[C@@]1(C)COc2cc3c(cc21)OC(F)(F)O3. The number of pyridine rings is 1. The first-order chi connectivity index (χ1) is 18.2. The fraction of sp³-hybridized carbons (Fsp3) is 0.333. The van der Waals surface area contributed by atoms with E-state index < -0.39 is 23.9 Å². The predicted molar refractivity (Wildman–Crippen MR) is 128 cm³/mol. The molecule has 0 saturated heterocycles. The third kappa shape index (κ3) is 4.03. The lowest BCUT2D eigenvalue weighted by Crippen LogP contribution is -2.46. The molecule has 2 aromatic carbocycles. The zero-order valence-corrected chi connectivity index (χ0v) is 20.5. The molecule has 3 aliphatic heterocycles. The van der Waals surface area contributed by atoms with Crippen molar-refractivity contribution in [2.75, 3.05) is 13.7 Å². The lowest BCUT2D eigenvalue weighted by molar-refractivity contribution is -0.286. The highest BCUT2D eigenvalue weighted by molar-refractivity contribution is 5.90. The van der Waals surface area contributed by atoms with Crippen molar-refractivity contribution in [3.8, 4) is 28.7 Å². The highest BCUT2D eigenvalue weighted by Gasteiger charge is 2.49. The summed E-state index contributed by atoms with van der Waals surface area (Å²) in [4.78, 5) is 18.2. The van der Waals surface area contributed by atoms with Crippen LogP contribution in [-0.4, -0.2) is 36.0 Å². The van der Waals surface area contributed by atoms with Crippen LogP contribution in [-0.2, 0) is 16.8 Å². The summed E-state index contributed by atoms with van der Waals surface area (Å²) in [6, 6.07) is 11.1. The van der Waals surface area contributed by atoms with Crippen molar-refractivity contribution in [1.29, 1.82) is 0 Å². The van der Waals surface area contributed by atoms with Crippen molar-refractivity contribution < 1.29 is 42.4 Å². The van der Waals surface area contributed by atoms with Gasteiger partial charge < -0.3 is 34.1 Å². The topological polar surface area (TPSA) is 108 Å². The fourth-order valence-corrected chi connectivity index (χ4v) is 4.95. The first-order valence-corrected chi connectivity index (χ1v) is 12.0. The minimum absolute atomic E-state index is 0.0136. The Kier molecular flexibility index (Phi) is 5.56. The van der Waals surface area contributed by atoms with Crippen LogP contribution in [0, 0.1) is 0 Å². The standard InChI is InChI=1S/C27H24F2N2O7/c1-26(13-35-21-10-24-23(8-17(21)26)37-27(28,29)38-24)25(33)31-19-9-22(18-6-3-14(12-32)11-30-18)36-20-7-15(34-2)4-5-16(19)20/h3-8,10-11,19,22,32H,9,12-13H2,1-2H3,(H,31,33)/t19-,22-,26+/m1/s1. The van der Waals surface area contributed by atoms with Crippen molar-refractivity contribution in [2.24, 2.45) is 0 Å². The summed E-state index contributed by atoms with van der Waals surface area (Å²) in [7, 11) is 1.55. The zero-order valence-electron chi connectivity index (χ0n) is 20.5. The lowest BCUT2D eigenvalue weighted by Gasteiger charge is -2.34. The van der Waals surface area contributed by atoms with E-state index in [4.69, 9.17) is 14.2 Å². The fourth-order valence-electron chi connectivity index (χ4n) is 4.95. The van der Waals surface area contributed by atoms with E-state index in [1.165, 1.54) is 12.1 Å². The molecule has 6 rings (SSSR count). The van der Waals surface area contributed by atoms with Gasteiger partial charge >= 0.3 is 6.29 Å². The van der Waals surface area contributed by atoms with Gasteiger partial charge in [0.05, 0.1) is 25.5 Å². The summed E-state index contributed by atoms with van der Waals surface area (Å²) in [5.41, 5.74) is 1.32. The van der Waals surface area contributed by atoms with E-state index in [0.717, 1.165) is 5.56 Å². The number of halogens is 2. The highest BCUT2D eigenvalue weighted by Crippen LogP contribution is 2.50. The monoisotopic (exact) mass is 526 g/mol. The molecule has 0 saturated carbocycles. The molecule has 0 unspecified atom stereocenters. The van der Waals surface area contributed by atoms with Crippen LogP contribution in [0.3, 0.4) is 0 Å². The van der Waals surface area contributed by atoms with Gasteiger partial charge in [0, 0.05) is 35.9 Å². The summed E-state index contributed by atoms with van der Waals surface area (Å²) in [5.74, 6) is 0.769. The number of carbonyl (C=O) groups is 1. The van der Waals surface area contributed by atoms with E-state index in [0.29, 0.717) is 34.7 Å². The van der Waals surface area contributed by atoms with E-state index in [9.17, 15) is 18.7 Å². The maximum Gasteiger partial charge on any atom is 0.586 e. The summed E-state index contributed by atoms with van der Waals surface area (Å²) in [6.45, 7) is 1.58. The second-order valence-electron chi connectivity index (χ2n) is 9.60. The number of benzene rings is 2. The summed E-state index contributed by atoms with van der Waals surface area (Å²) in [6.07, 6.45) is -2.30. The Balaban J connectivity index is 1.30. The molecular weight excluding hydrogens is 502 g/mol. The van der Waals surface area contributed by atoms with Gasteiger partial charge in [0.2, 0.25) is 5.91 Å². The van der Waals surface area contributed by atoms with Crippen LogP contribution in [0.5, 0.6) is 28.7 Å². The largest absolute Gasteiger partial charge is 0.586 e. The molecule has 198 valence electrons. The normalized spacial score (nSPS) is 24.0. The van der Waals surface area contributed by atoms with Crippen molar-refractivity contribution in [2.45, 2.75) is 43.8 Å². The number of aromatic nitrogens is 1. The predicted octanol–water partition coefficient (Wildman–Crippen LogP) is 3.94. The van der Waals surface area contributed by atoms with Gasteiger partial charge in [-0.15, -0.1) is 8.78 Å². The van der Waals surface area contributed by atoms with Gasteiger partial charge in [0.25, 0.3) is 0 Å². The van der Waals surface area contributed by atoms with E-state index in [2.05, 4.69) is 19.8 Å². The first kappa shape index (κ1) is 24.2. The summed E-state index contributed by atoms with van der Waals surface area (Å²) in [5, 5.41) is 12.5. The molecular formula is C27H24F2N2O7. The van der Waals surface area contributed by atoms with Gasteiger partial charge in [0.15, 0.2) is 11.5 Å². The molecule has 4 heterocycles. The number of hydrogen-bond acceptors (Lipinski definition) is 8. The van der Waals surface area contributed by atoms with Gasteiger partial charge in [-0.3, -0.25) is 9.78 Å². The molecule has 9 nitrogen and oxygen atoms in total. The molecule has 11 heteroatoms. The van der Waals surface area contributed by atoms with Gasteiger partial charge in [-0.2, -0.15) is 0 Å². The number of amides is 1. The number of methoxy groups -OCH3 is 1. The molecule has 3 atom stereocenters. The van der Waals surface area contributed by atoms with Gasteiger partial charge in [-0.05, 0) is 36.8 Å². The van der Waals surface area contributed by atoms with Gasteiger partial charge in [-0.1, -0.05) is 6.07 Å². The van der Waals surface area contributed by atoms with Gasteiger partial charge in [-0.25, -0.2) is 0 Å². The molecule has 1 aromatic heterocycles. The van der Waals surface area contributed by atoms with E-state index in [1.54, 1.807) is 44.5 Å². The molecule has 3 aliphatic rings. The van der Waals surface area contributed by atoms with E-state index in [-0.39, 0.29) is 36.4 Å². The van der Waals surface area contributed by atoms with Crippen LogP contribution >= 0.6 is 0 Å². The summed E-state index contributed by atoms with van der Waals surface area (Å²) >= 11 is 0. The van der Waals surface area contributed by atoms with E-state index in [1.807, 2.05) is 6.07 Å². The van der Waals surface area contributed by atoms with Crippen LogP contribution < -0.4 is 29.0 Å². The first-order valence-electron chi connectivity index (χ1n) is 12.0. The minimum atomic E-state index is -3.78. The molecule has 0 bridgehead atoms. The Labute approximate surface area is 216 Å². The Morgan fingerprint density at radius 2 is 1.92 bits per heavy atom. The number of aliphatic hydroxyl groups is 1. The van der Waals surface area contributed by atoms with Gasteiger partial charge in [0.1, 0.15) is 35.4 Å². The number of nitrogens with one attached hydrogen (secondary N) is 1. The van der Waals surface area contributed by atoms with Crippen molar-refractivity contribution in [1.82, 2.24) is 10.3 Å². The van der Waals surface area contributed by atoms with Crippen LogP contribution in [0.25, 0.3) is 0 Å². The molecule has 38 heavy (non-hydrogen) atoms. The van der Waals surface area contributed by atoms with Crippen molar-refractivity contribution in [3.05, 3.63) is 71.0 Å². The Bertz CT molecular complexity index is 1420. The number of rotatable bonds is 5. The maximum absolute atomic E-state index is 13.8. The zero-order chi connectivity index (χ0) is 26.7. The number of nitrogens with zero attached hydrogens (tertiary/aromatic N) is 1. The molecule has 0 spiro atoms. The molecule has 2 N–H and O–H groups in total. The third-order valence-corrected chi connectivity index (χ3v) is 7.10. The van der Waals surface area contributed by atoms with Crippen molar-refractivity contribution in [3.63, 3.8) is 0 Å². The third-order valence-electron chi connectivity index (χ3n) is 7.10. The number of aliphatic hydroxyl groups excluding tert-OH is 1. The van der Waals surface area contributed by atoms with Crippen LogP contribution in [0.15, 0.2) is 48.7 Å². The Hall–Kier alpha value is -4.12. The highest BCUT2D eigenvalue weighted by atomic mass is 19.3. The smallest absolute Gasteiger partial charge is 0.497 e. The number of alkyl halides is 2. The molecule has 1 amide bonds. The molecule has 0 radical (unpaired) electrons. The number of ether oxygens (including phenoxy) is 5. The second-order valence-corrected chi connectivity index (χ2v) is 9.60. The number of fused-ring (bicyclic) bond motifs is 3. The molecule has 0 aliphatic carbocycles. The number of hydrogen-bond donors (Lipinski definition) is 2. The minimum Gasteiger partial charge on any atom is -0.497 e. The van der Waals surface area contributed by atoms with Crippen LogP contribution in [0.2, 0.25) is 0 Å². The second kappa shape index (κ2) is 8.73. The van der Waals surface area contributed by atoms with Crippen LogP contribution in [0.4, 0.5) is 8.78 Å². The van der Waals surface area contributed by atoms with E-state index >= 15 is 0 Å². The average molecular weight is 526 g/mol. The summed E-state index contributed by atoms with van der Waals surface area (Å²) < 4.78 is 53.6. The molecule has 0 fully saturated rings. The molecule has 3 aromatic rings. The van der Waals surface area contributed by atoms with Crippen LogP contribution in [0.1, 0.15) is 47.9 Å². The quantitative estimate of drug-likeness (QED) is 0.515. The maximum atomic E-state index is 13.8. The Morgan fingerprint density at radius 3 is 2.63 bits per heavy atom.